The van der Waals surface area contributed by atoms with Crippen LogP contribution in [0.3, 0.4) is 0 Å². The normalized spacial score (nSPS) is 17.6. The van der Waals surface area contributed by atoms with Crippen molar-refractivity contribution in [2.45, 2.75) is 25.7 Å². The van der Waals surface area contributed by atoms with Crippen LogP contribution in [0.5, 0.6) is 17.2 Å². The quantitative estimate of drug-likeness (QED) is 0.840. The van der Waals surface area contributed by atoms with Gasteiger partial charge in [-0.2, -0.15) is 0 Å². The van der Waals surface area contributed by atoms with Crippen molar-refractivity contribution >= 4 is 17.5 Å². The molecule has 0 spiro atoms. The summed E-state index contributed by atoms with van der Waals surface area (Å²) in [6.45, 7) is 1.31. The van der Waals surface area contributed by atoms with Gasteiger partial charge < -0.3 is 24.4 Å². The monoisotopic (exact) mass is 362 g/mol. The predicted octanol–water partition coefficient (Wildman–Crippen LogP) is 2.30. The van der Waals surface area contributed by atoms with Crippen LogP contribution in [-0.2, 0) is 9.59 Å². The van der Waals surface area contributed by atoms with Crippen LogP contribution in [0.4, 0.5) is 5.69 Å². The average molecular weight is 362 g/mol. The second-order valence-corrected chi connectivity index (χ2v) is 6.78. The summed E-state index contributed by atoms with van der Waals surface area (Å²) in [5.74, 6) is 1.82. The molecule has 2 amide bonds. The number of nitrogens with zero attached hydrogens (tertiary/aromatic N) is 1. The molecule has 1 aromatic carbocycles. The minimum Gasteiger partial charge on any atom is -0.493 e. The van der Waals surface area contributed by atoms with E-state index in [1.165, 1.54) is 21.3 Å². The van der Waals surface area contributed by atoms with Gasteiger partial charge in [0, 0.05) is 42.7 Å². The van der Waals surface area contributed by atoms with E-state index in [0.717, 1.165) is 12.8 Å². The van der Waals surface area contributed by atoms with Crippen LogP contribution in [0.2, 0.25) is 0 Å². The Bertz CT molecular complexity index is 654. The summed E-state index contributed by atoms with van der Waals surface area (Å²) in [5, 5.41) is 2.93. The van der Waals surface area contributed by atoms with Gasteiger partial charge in [-0.15, -0.1) is 0 Å². The number of rotatable bonds is 6. The lowest BCUT2D eigenvalue weighted by molar-refractivity contribution is -0.135. The van der Waals surface area contributed by atoms with Gasteiger partial charge in [-0.05, 0) is 25.7 Å². The largest absolute Gasteiger partial charge is 0.493 e. The Morgan fingerprint density at radius 2 is 1.50 bits per heavy atom. The third-order valence-electron chi connectivity index (χ3n) is 5.04. The van der Waals surface area contributed by atoms with Gasteiger partial charge in [0.05, 0.1) is 21.3 Å². The molecule has 0 atom stereocenters. The SMILES string of the molecule is COc1cc(NC(=O)C2CCN(C(=O)C3CC3)CC2)cc(OC)c1OC. The summed E-state index contributed by atoms with van der Waals surface area (Å²) in [4.78, 5) is 26.6. The van der Waals surface area contributed by atoms with Crippen molar-refractivity contribution < 1.29 is 23.8 Å². The van der Waals surface area contributed by atoms with Gasteiger partial charge in [-0.25, -0.2) is 0 Å². The Labute approximate surface area is 153 Å². The molecule has 7 nitrogen and oxygen atoms in total. The second-order valence-electron chi connectivity index (χ2n) is 6.78. The first kappa shape index (κ1) is 18.4. The highest BCUT2D eigenvalue weighted by molar-refractivity contribution is 5.93. The number of anilines is 1. The topological polar surface area (TPSA) is 77.1 Å². The maximum Gasteiger partial charge on any atom is 0.227 e. The first-order valence-electron chi connectivity index (χ1n) is 8.97. The first-order valence-corrected chi connectivity index (χ1v) is 8.97. The number of methoxy groups -OCH3 is 3. The van der Waals surface area contributed by atoms with E-state index in [-0.39, 0.29) is 23.7 Å². The zero-order valence-electron chi connectivity index (χ0n) is 15.5. The summed E-state index contributed by atoms with van der Waals surface area (Å²) in [7, 11) is 4.61. The molecule has 7 heteroatoms. The highest BCUT2D eigenvalue weighted by atomic mass is 16.5. The number of hydrogen-bond acceptors (Lipinski definition) is 5. The number of carbonyl (C=O) groups is 2. The van der Waals surface area contributed by atoms with Crippen molar-refractivity contribution in [2.24, 2.45) is 11.8 Å². The molecule has 2 aliphatic rings. The van der Waals surface area contributed by atoms with E-state index in [1.54, 1.807) is 12.1 Å². The highest BCUT2D eigenvalue weighted by Crippen LogP contribution is 2.40. The van der Waals surface area contributed by atoms with Gasteiger partial charge in [0.2, 0.25) is 17.6 Å². The number of piperidine rings is 1. The van der Waals surface area contributed by atoms with Gasteiger partial charge in [-0.1, -0.05) is 0 Å². The smallest absolute Gasteiger partial charge is 0.227 e. The Hall–Kier alpha value is -2.44. The Morgan fingerprint density at radius 1 is 0.923 bits per heavy atom. The standard InChI is InChI=1S/C19H26N2O5/c1-24-15-10-14(11-16(25-2)17(15)26-3)20-18(22)12-6-8-21(9-7-12)19(23)13-4-5-13/h10-13H,4-9H2,1-3H3,(H,20,22). The van der Waals surface area contributed by atoms with Crippen LogP contribution in [-0.4, -0.2) is 51.1 Å². The number of benzene rings is 1. The van der Waals surface area contributed by atoms with E-state index < -0.39 is 0 Å². The van der Waals surface area contributed by atoms with Gasteiger partial charge in [0.1, 0.15) is 0 Å². The first-order chi connectivity index (χ1) is 12.6. The van der Waals surface area contributed by atoms with Gasteiger partial charge in [-0.3, -0.25) is 9.59 Å². The molecule has 1 heterocycles. The lowest BCUT2D eigenvalue weighted by Gasteiger charge is -2.31. The molecule has 0 bridgehead atoms. The molecule has 3 rings (SSSR count). The summed E-state index contributed by atoms with van der Waals surface area (Å²) in [6.07, 6.45) is 3.41. The molecule has 2 fully saturated rings. The molecule has 1 aliphatic carbocycles. The zero-order valence-corrected chi connectivity index (χ0v) is 15.5. The summed E-state index contributed by atoms with van der Waals surface area (Å²) < 4.78 is 15.9. The van der Waals surface area contributed by atoms with Crippen molar-refractivity contribution in [3.63, 3.8) is 0 Å². The number of nitrogens with one attached hydrogen (secondary N) is 1. The number of ether oxygens (including phenoxy) is 3. The maximum absolute atomic E-state index is 12.6. The van der Waals surface area contributed by atoms with Crippen molar-refractivity contribution in [1.82, 2.24) is 4.90 Å². The minimum absolute atomic E-state index is 0.0437. The third-order valence-corrected chi connectivity index (χ3v) is 5.04. The average Bonchev–Trinajstić information content (AvgIpc) is 3.51. The third kappa shape index (κ3) is 3.86. The number of hydrogen-bond donors (Lipinski definition) is 1. The van der Waals surface area contributed by atoms with Crippen LogP contribution >= 0.6 is 0 Å². The fourth-order valence-corrected chi connectivity index (χ4v) is 3.35. The molecule has 142 valence electrons. The summed E-state index contributed by atoms with van der Waals surface area (Å²) >= 11 is 0. The molecule has 26 heavy (non-hydrogen) atoms. The van der Waals surface area contributed by atoms with Crippen LogP contribution in [0, 0.1) is 11.8 Å². The molecular formula is C19H26N2O5. The van der Waals surface area contributed by atoms with Crippen molar-refractivity contribution in [3.8, 4) is 17.2 Å². The van der Waals surface area contributed by atoms with E-state index in [0.29, 0.717) is 48.9 Å². The Morgan fingerprint density at radius 3 is 1.96 bits per heavy atom. The molecule has 0 radical (unpaired) electrons. The molecule has 0 aromatic heterocycles. The van der Waals surface area contributed by atoms with Gasteiger partial charge in [0.15, 0.2) is 11.5 Å². The highest BCUT2D eigenvalue weighted by Gasteiger charge is 2.36. The molecule has 0 unspecified atom stereocenters. The van der Waals surface area contributed by atoms with Crippen LogP contribution in [0.15, 0.2) is 12.1 Å². The molecule has 1 saturated heterocycles. The van der Waals surface area contributed by atoms with Crippen molar-refractivity contribution in [3.05, 3.63) is 12.1 Å². The zero-order chi connectivity index (χ0) is 18.7. The second kappa shape index (κ2) is 7.85. The number of likely N-dealkylation sites (tertiary alicyclic amines) is 1. The van der Waals surface area contributed by atoms with E-state index >= 15 is 0 Å². The van der Waals surface area contributed by atoms with E-state index in [9.17, 15) is 9.59 Å². The van der Waals surface area contributed by atoms with Crippen LogP contribution in [0.25, 0.3) is 0 Å². The number of carbonyl (C=O) groups excluding carboxylic acids is 2. The molecular weight excluding hydrogens is 336 g/mol. The molecule has 1 N–H and O–H groups in total. The molecule has 1 saturated carbocycles. The number of amides is 2. The summed E-state index contributed by atoms with van der Waals surface area (Å²) in [6, 6.07) is 3.43. The van der Waals surface area contributed by atoms with Gasteiger partial charge >= 0.3 is 0 Å². The van der Waals surface area contributed by atoms with Crippen LogP contribution < -0.4 is 19.5 Å². The van der Waals surface area contributed by atoms with Crippen LogP contribution in [0.1, 0.15) is 25.7 Å². The maximum atomic E-state index is 12.6. The Kier molecular flexibility index (Phi) is 5.54. The fraction of sp³-hybridized carbons (Fsp3) is 0.579. The minimum atomic E-state index is -0.0997. The lowest BCUT2D eigenvalue weighted by atomic mass is 9.95. The Balaban J connectivity index is 1.62. The van der Waals surface area contributed by atoms with Crippen molar-refractivity contribution in [1.29, 1.82) is 0 Å². The van der Waals surface area contributed by atoms with E-state index in [2.05, 4.69) is 5.32 Å². The van der Waals surface area contributed by atoms with E-state index in [4.69, 9.17) is 14.2 Å². The molecule has 1 aromatic rings. The van der Waals surface area contributed by atoms with E-state index in [1.807, 2.05) is 4.90 Å². The fourth-order valence-electron chi connectivity index (χ4n) is 3.35. The van der Waals surface area contributed by atoms with Crippen molar-refractivity contribution in [2.75, 3.05) is 39.7 Å². The molecule has 1 aliphatic heterocycles. The lowest BCUT2D eigenvalue weighted by Crippen LogP contribution is -2.42. The summed E-state index contributed by atoms with van der Waals surface area (Å²) in [5.41, 5.74) is 0.598. The van der Waals surface area contributed by atoms with Gasteiger partial charge in [0.25, 0.3) is 0 Å². The predicted molar refractivity (Wildman–Crippen MR) is 96.8 cm³/mol.